The third-order valence-electron chi connectivity index (χ3n) is 4.27. The molecule has 14 heavy (non-hydrogen) atoms. The zero-order valence-corrected chi connectivity index (χ0v) is 9.55. The van der Waals surface area contributed by atoms with Gasteiger partial charge < -0.3 is 4.90 Å². The van der Waals surface area contributed by atoms with E-state index in [1.165, 1.54) is 51.7 Å². The van der Waals surface area contributed by atoms with Crippen LogP contribution in [0, 0.1) is 17.8 Å². The summed E-state index contributed by atoms with van der Waals surface area (Å²) in [5, 5.41) is 0.483. The summed E-state index contributed by atoms with van der Waals surface area (Å²) in [4.78, 5) is 2.71. The molecule has 80 valence electrons. The summed E-state index contributed by atoms with van der Waals surface area (Å²) in [7, 11) is 0. The minimum absolute atomic E-state index is 0.483. The van der Waals surface area contributed by atoms with E-state index in [0.717, 1.165) is 17.8 Å². The molecule has 0 aromatic heterocycles. The number of rotatable bonds is 2. The van der Waals surface area contributed by atoms with E-state index >= 15 is 0 Å². The molecule has 2 aliphatic carbocycles. The zero-order chi connectivity index (χ0) is 9.54. The van der Waals surface area contributed by atoms with E-state index in [-0.39, 0.29) is 0 Å². The van der Waals surface area contributed by atoms with Gasteiger partial charge in [0.25, 0.3) is 0 Å². The lowest BCUT2D eigenvalue weighted by Gasteiger charge is -2.27. The van der Waals surface area contributed by atoms with Crippen molar-refractivity contribution in [1.29, 1.82) is 0 Å². The third kappa shape index (κ3) is 1.94. The normalized spacial score (nSPS) is 43.9. The Morgan fingerprint density at radius 3 is 2.57 bits per heavy atom. The SMILES string of the molecule is ClC1CCC2CN(CC3CC3)CC2C1. The van der Waals surface area contributed by atoms with Crippen LogP contribution in [0.25, 0.3) is 0 Å². The summed E-state index contributed by atoms with van der Waals surface area (Å²) in [6.07, 6.45) is 6.92. The van der Waals surface area contributed by atoms with Crippen LogP contribution in [-0.4, -0.2) is 29.9 Å². The molecule has 0 amide bonds. The molecule has 0 radical (unpaired) electrons. The first-order valence-electron chi connectivity index (χ1n) is 6.17. The largest absolute Gasteiger partial charge is 0.302 e. The highest BCUT2D eigenvalue weighted by molar-refractivity contribution is 6.20. The first kappa shape index (κ1) is 9.47. The average molecular weight is 214 g/mol. The van der Waals surface area contributed by atoms with Crippen LogP contribution in [0.15, 0.2) is 0 Å². The van der Waals surface area contributed by atoms with Crippen LogP contribution in [0.3, 0.4) is 0 Å². The highest BCUT2D eigenvalue weighted by Gasteiger charge is 2.38. The number of fused-ring (bicyclic) bond motifs is 1. The molecule has 3 unspecified atom stereocenters. The van der Waals surface area contributed by atoms with Gasteiger partial charge in [0.2, 0.25) is 0 Å². The Hall–Kier alpha value is 0.250. The van der Waals surface area contributed by atoms with Gasteiger partial charge in [0.1, 0.15) is 0 Å². The quantitative estimate of drug-likeness (QED) is 0.638. The molecule has 2 heteroatoms. The van der Waals surface area contributed by atoms with E-state index < -0.39 is 0 Å². The fraction of sp³-hybridized carbons (Fsp3) is 1.00. The van der Waals surface area contributed by atoms with Crippen molar-refractivity contribution in [1.82, 2.24) is 4.90 Å². The van der Waals surface area contributed by atoms with E-state index in [4.69, 9.17) is 11.6 Å². The molecule has 1 heterocycles. The second-order valence-corrected chi connectivity index (χ2v) is 6.21. The minimum Gasteiger partial charge on any atom is -0.302 e. The van der Waals surface area contributed by atoms with Gasteiger partial charge in [-0.3, -0.25) is 0 Å². The first-order valence-corrected chi connectivity index (χ1v) is 6.61. The smallest absolute Gasteiger partial charge is 0.0339 e. The molecular formula is C12H20ClN. The molecule has 1 nitrogen and oxygen atoms in total. The maximum Gasteiger partial charge on any atom is 0.0339 e. The van der Waals surface area contributed by atoms with Crippen molar-refractivity contribution in [2.45, 2.75) is 37.5 Å². The Labute approximate surface area is 91.8 Å². The van der Waals surface area contributed by atoms with Crippen LogP contribution < -0.4 is 0 Å². The molecule has 3 fully saturated rings. The van der Waals surface area contributed by atoms with Gasteiger partial charge >= 0.3 is 0 Å². The van der Waals surface area contributed by atoms with Crippen LogP contribution in [0.4, 0.5) is 0 Å². The van der Waals surface area contributed by atoms with Gasteiger partial charge in [0.05, 0.1) is 0 Å². The first-order chi connectivity index (χ1) is 6.81. The van der Waals surface area contributed by atoms with Crippen LogP contribution in [0.1, 0.15) is 32.1 Å². The summed E-state index contributed by atoms with van der Waals surface area (Å²) in [5.41, 5.74) is 0. The maximum absolute atomic E-state index is 6.23. The number of halogens is 1. The number of alkyl halides is 1. The maximum atomic E-state index is 6.23. The van der Waals surface area contributed by atoms with E-state index in [1.54, 1.807) is 0 Å². The van der Waals surface area contributed by atoms with E-state index in [2.05, 4.69) is 4.90 Å². The Morgan fingerprint density at radius 2 is 1.79 bits per heavy atom. The van der Waals surface area contributed by atoms with Crippen molar-refractivity contribution < 1.29 is 0 Å². The lowest BCUT2D eigenvalue weighted by Crippen LogP contribution is -2.23. The molecule has 0 aromatic rings. The number of hydrogen-bond donors (Lipinski definition) is 0. The molecule has 0 spiro atoms. The molecule has 3 aliphatic rings. The molecule has 0 bridgehead atoms. The van der Waals surface area contributed by atoms with Crippen LogP contribution in [0.2, 0.25) is 0 Å². The zero-order valence-electron chi connectivity index (χ0n) is 8.79. The van der Waals surface area contributed by atoms with Crippen molar-refractivity contribution >= 4 is 11.6 Å². The van der Waals surface area contributed by atoms with Gasteiger partial charge in [0, 0.05) is 25.0 Å². The predicted octanol–water partition coefficient (Wildman–Crippen LogP) is 2.74. The Kier molecular flexibility index (Phi) is 2.49. The van der Waals surface area contributed by atoms with Crippen molar-refractivity contribution in [2.75, 3.05) is 19.6 Å². The highest BCUT2D eigenvalue weighted by Crippen LogP contribution is 2.40. The fourth-order valence-corrected chi connectivity index (χ4v) is 3.64. The lowest BCUT2D eigenvalue weighted by atomic mass is 9.82. The van der Waals surface area contributed by atoms with Gasteiger partial charge in [-0.1, -0.05) is 0 Å². The summed E-state index contributed by atoms with van der Waals surface area (Å²) in [5.74, 6) is 2.98. The average Bonchev–Trinajstić information content (AvgIpc) is 2.84. The molecule has 1 saturated heterocycles. The Bertz CT molecular complexity index is 214. The number of hydrogen-bond acceptors (Lipinski definition) is 1. The van der Waals surface area contributed by atoms with E-state index in [9.17, 15) is 0 Å². The van der Waals surface area contributed by atoms with Gasteiger partial charge in [-0.25, -0.2) is 0 Å². The summed E-state index contributed by atoms with van der Waals surface area (Å²) < 4.78 is 0. The van der Waals surface area contributed by atoms with Gasteiger partial charge in [-0.2, -0.15) is 0 Å². The monoisotopic (exact) mass is 213 g/mol. The van der Waals surface area contributed by atoms with Crippen LogP contribution in [0.5, 0.6) is 0 Å². The lowest BCUT2D eigenvalue weighted by molar-refractivity contribution is 0.304. The van der Waals surface area contributed by atoms with Crippen molar-refractivity contribution in [2.24, 2.45) is 17.8 Å². The van der Waals surface area contributed by atoms with Gasteiger partial charge in [0.15, 0.2) is 0 Å². The third-order valence-corrected chi connectivity index (χ3v) is 4.67. The molecule has 2 saturated carbocycles. The topological polar surface area (TPSA) is 3.24 Å². The second kappa shape index (κ2) is 3.68. The van der Waals surface area contributed by atoms with E-state index in [1.807, 2.05) is 0 Å². The molecule has 3 rings (SSSR count). The predicted molar refractivity (Wildman–Crippen MR) is 59.6 cm³/mol. The number of nitrogens with zero attached hydrogens (tertiary/aromatic N) is 1. The van der Waals surface area contributed by atoms with Crippen LogP contribution >= 0.6 is 11.6 Å². The molecule has 0 N–H and O–H groups in total. The molecular weight excluding hydrogens is 194 g/mol. The van der Waals surface area contributed by atoms with Crippen molar-refractivity contribution in [3.63, 3.8) is 0 Å². The van der Waals surface area contributed by atoms with Crippen LogP contribution in [-0.2, 0) is 0 Å². The molecule has 0 aromatic carbocycles. The summed E-state index contributed by atoms with van der Waals surface area (Å²) in [6.45, 7) is 4.12. The fourth-order valence-electron chi connectivity index (χ4n) is 3.29. The molecule has 1 aliphatic heterocycles. The van der Waals surface area contributed by atoms with Gasteiger partial charge in [-0.05, 0) is 49.9 Å². The molecule has 3 atom stereocenters. The summed E-state index contributed by atoms with van der Waals surface area (Å²) >= 11 is 6.23. The Morgan fingerprint density at radius 1 is 1.00 bits per heavy atom. The second-order valence-electron chi connectivity index (χ2n) is 5.59. The highest BCUT2D eigenvalue weighted by atomic mass is 35.5. The summed E-state index contributed by atoms with van der Waals surface area (Å²) in [6, 6.07) is 0. The van der Waals surface area contributed by atoms with Gasteiger partial charge in [-0.15, -0.1) is 11.6 Å². The number of likely N-dealkylation sites (tertiary alicyclic amines) is 1. The standard InChI is InChI=1S/C12H20ClN/c13-12-4-3-10-7-14(6-9-1-2-9)8-11(10)5-12/h9-12H,1-8H2. The minimum atomic E-state index is 0.483. The van der Waals surface area contributed by atoms with Crippen molar-refractivity contribution in [3.8, 4) is 0 Å². The Balaban J connectivity index is 1.55. The van der Waals surface area contributed by atoms with Crippen molar-refractivity contribution in [3.05, 3.63) is 0 Å². The van der Waals surface area contributed by atoms with E-state index in [0.29, 0.717) is 5.38 Å².